The Balaban J connectivity index is 1.68. The highest BCUT2D eigenvalue weighted by Crippen LogP contribution is 2.40. The third-order valence-corrected chi connectivity index (χ3v) is 5.26. The number of nitrogens with one attached hydrogen (secondary N) is 1. The summed E-state index contributed by atoms with van der Waals surface area (Å²) in [7, 11) is 0. The Labute approximate surface area is 157 Å². The number of carbonyl (C=O) groups excluding carboxylic acids is 1. The second kappa shape index (κ2) is 6.20. The molecule has 0 radical (unpaired) electrons. The molecule has 0 saturated carbocycles. The smallest absolute Gasteiger partial charge is 0.226 e. The number of rotatable bonds is 2. The van der Waals surface area contributed by atoms with Gasteiger partial charge in [0.05, 0.1) is 0 Å². The van der Waals surface area contributed by atoms with Crippen LogP contribution in [0.3, 0.4) is 0 Å². The van der Waals surface area contributed by atoms with Crippen LogP contribution in [0.1, 0.15) is 36.4 Å². The molecule has 0 amide bonds. The molecule has 0 unspecified atom stereocenters. The van der Waals surface area contributed by atoms with Crippen molar-refractivity contribution in [2.24, 2.45) is 0 Å². The summed E-state index contributed by atoms with van der Waals surface area (Å²) < 4.78 is 1.87. The fourth-order valence-electron chi connectivity index (χ4n) is 4.01. The topological polar surface area (TPSA) is 59.8 Å². The van der Waals surface area contributed by atoms with Gasteiger partial charge in [0, 0.05) is 23.3 Å². The predicted octanol–water partition coefficient (Wildman–Crippen LogP) is 4.28. The van der Waals surface area contributed by atoms with E-state index < -0.39 is 0 Å². The maximum Gasteiger partial charge on any atom is 0.226 e. The van der Waals surface area contributed by atoms with Crippen LogP contribution in [0, 0.1) is 6.92 Å². The summed E-state index contributed by atoms with van der Waals surface area (Å²) in [5, 5.41) is 8.18. The van der Waals surface area contributed by atoms with Gasteiger partial charge in [0.25, 0.3) is 0 Å². The number of hydrogen-bond donors (Lipinski definition) is 1. The van der Waals surface area contributed by atoms with E-state index in [2.05, 4.69) is 36.5 Å². The van der Waals surface area contributed by atoms with E-state index in [0.29, 0.717) is 18.2 Å². The number of nitrogens with zero attached hydrogens (tertiary/aromatic N) is 3. The Kier molecular flexibility index (Phi) is 3.67. The monoisotopic (exact) mass is 356 g/mol. The van der Waals surface area contributed by atoms with E-state index in [1.165, 1.54) is 5.56 Å². The molecule has 1 aromatic heterocycles. The van der Waals surface area contributed by atoms with Gasteiger partial charge in [0.1, 0.15) is 6.04 Å². The van der Waals surface area contributed by atoms with Gasteiger partial charge < -0.3 is 5.32 Å². The van der Waals surface area contributed by atoms with Crippen molar-refractivity contribution >= 4 is 11.7 Å². The minimum absolute atomic E-state index is 0.204. The number of Topliss-reactive ketones (excluding diaryl/α,β-unsaturated/α-hetero) is 1. The van der Waals surface area contributed by atoms with Crippen LogP contribution in [0.25, 0.3) is 11.4 Å². The Morgan fingerprint density at radius 1 is 1.07 bits per heavy atom. The second-order valence-electron chi connectivity index (χ2n) is 7.18. The lowest BCUT2D eigenvalue weighted by Gasteiger charge is -2.32. The summed E-state index contributed by atoms with van der Waals surface area (Å²) >= 11 is 0. The highest BCUT2D eigenvalue weighted by atomic mass is 16.1. The van der Waals surface area contributed by atoms with E-state index in [-0.39, 0.29) is 11.8 Å². The van der Waals surface area contributed by atoms with Gasteiger partial charge in [-0.05, 0) is 31.4 Å². The van der Waals surface area contributed by atoms with Crippen LogP contribution >= 0.6 is 0 Å². The lowest BCUT2D eigenvalue weighted by molar-refractivity contribution is -0.116. The van der Waals surface area contributed by atoms with E-state index in [4.69, 9.17) is 10.1 Å². The van der Waals surface area contributed by atoms with Gasteiger partial charge in [-0.25, -0.2) is 4.68 Å². The van der Waals surface area contributed by atoms with E-state index in [1.807, 2.05) is 35.0 Å². The second-order valence-corrected chi connectivity index (χ2v) is 7.18. The van der Waals surface area contributed by atoms with E-state index >= 15 is 0 Å². The molecule has 5 rings (SSSR count). The van der Waals surface area contributed by atoms with E-state index in [0.717, 1.165) is 35.2 Å². The van der Waals surface area contributed by atoms with Crippen molar-refractivity contribution in [3.05, 3.63) is 77.0 Å². The first-order valence-electron chi connectivity index (χ1n) is 9.32. The SMILES string of the molecule is Cc1cccc(-c2nc3n(n2)[C@@H](c2ccccc2)C2=C(CCCC2=O)N3)c1. The number of allylic oxidation sites excluding steroid dienone is 2. The minimum Gasteiger partial charge on any atom is -0.328 e. The van der Waals surface area contributed by atoms with Crippen molar-refractivity contribution in [1.82, 2.24) is 14.8 Å². The number of hydrogen-bond acceptors (Lipinski definition) is 4. The Morgan fingerprint density at radius 3 is 2.74 bits per heavy atom. The average Bonchev–Trinajstić information content (AvgIpc) is 3.11. The number of aromatic nitrogens is 3. The van der Waals surface area contributed by atoms with Crippen LogP contribution in [0.4, 0.5) is 5.95 Å². The molecule has 0 spiro atoms. The first-order valence-corrected chi connectivity index (χ1v) is 9.32. The zero-order valence-corrected chi connectivity index (χ0v) is 15.1. The number of benzene rings is 2. The molecule has 1 N–H and O–H groups in total. The molecule has 1 atom stereocenters. The summed E-state index contributed by atoms with van der Waals surface area (Å²) in [6.45, 7) is 2.06. The number of carbonyl (C=O) groups is 1. The molecule has 0 fully saturated rings. The molecule has 0 bridgehead atoms. The third-order valence-electron chi connectivity index (χ3n) is 5.26. The molecule has 0 saturated heterocycles. The number of ketones is 1. The van der Waals surface area contributed by atoms with E-state index in [9.17, 15) is 4.79 Å². The van der Waals surface area contributed by atoms with E-state index in [1.54, 1.807) is 0 Å². The molecular weight excluding hydrogens is 336 g/mol. The zero-order chi connectivity index (χ0) is 18.4. The molecule has 5 heteroatoms. The van der Waals surface area contributed by atoms with Crippen molar-refractivity contribution in [3.63, 3.8) is 0 Å². The molecule has 1 aliphatic carbocycles. The van der Waals surface area contributed by atoms with Crippen LogP contribution in [0.2, 0.25) is 0 Å². The minimum atomic E-state index is -0.226. The predicted molar refractivity (Wildman–Crippen MR) is 104 cm³/mol. The fraction of sp³-hybridized carbons (Fsp3) is 0.227. The highest BCUT2D eigenvalue weighted by molar-refractivity contribution is 5.99. The summed E-state index contributed by atoms with van der Waals surface area (Å²) in [6, 6.07) is 18.1. The summed E-state index contributed by atoms with van der Waals surface area (Å²) in [4.78, 5) is 17.5. The largest absolute Gasteiger partial charge is 0.328 e. The van der Waals surface area contributed by atoms with Crippen LogP contribution in [0.5, 0.6) is 0 Å². The van der Waals surface area contributed by atoms with Gasteiger partial charge >= 0.3 is 0 Å². The van der Waals surface area contributed by atoms with Crippen molar-refractivity contribution in [3.8, 4) is 11.4 Å². The molecule has 3 aromatic rings. The number of fused-ring (bicyclic) bond motifs is 1. The van der Waals surface area contributed by atoms with Gasteiger partial charge in [-0.15, -0.1) is 5.10 Å². The molecule has 2 aromatic carbocycles. The quantitative estimate of drug-likeness (QED) is 0.745. The lowest BCUT2D eigenvalue weighted by Crippen LogP contribution is -2.31. The maximum atomic E-state index is 12.8. The number of anilines is 1. The summed E-state index contributed by atoms with van der Waals surface area (Å²) in [5.41, 5.74) is 5.04. The van der Waals surface area contributed by atoms with Crippen LogP contribution < -0.4 is 5.32 Å². The Morgan fingerprint density at radius 2 is 1.93 bits per heavy atom. The first kappa shape index (κ1) is 16.0. The highest BCUT2D eigenvalue weighted by Gasteiger charge is 2.36. The molecule has 134 valence electrons. The summed E-state index contributed by atoms with van der Waals surface area (Å²) in [5.74, 6) is 1.58. The van der Waals surface area contributed by atoms with Crippen LogP contribution in [-0.4, -0.2) is 20.5 Å². The molecular formula is C22H20N4O. The normalized spacial score (nSPS) is 18.7. The Hall–Kier alpha value is -3.21. The molecule has 2 heterocycles. The average molecular weight is 356 g/mol. The van der Waals surface area contributed by atoms with Crippen molar-refractivity contribution < 1.29 is 4.79 Å². The van der Waals surface area contributed by atoms with Crippen molar-refractivity contribution in [2.45, 2.75) is 32.2 Å². The number of aryl methyl sites for hydroxylation is 1. The van der Waals surface area contributed by atoms with Crippen molar-refractivity contribution in [1.29, 1.82) is 0 Å². The zero-order valence-electron chi connectivity index (χ0n) is 15.1. The van der Waals surface area contributed by atoms with Crippen molar-refractivity contribution in [2.75, 3.05) is 5.32 Å². The molecule has 1 aliphatic heterocycles. The molecule has 2 aliphatic rings. The van der Waals surface area contributed by atoms with Gasteiger partial charge in [-0.1, -0.05) is 54.1 Å². The van der Waals surface area contributed by atoms with Gasteiger partial charge in [-0.3, -0.25) is 4.79 Å². The standard InChI is InChI=1S/C22H20N4O/c1-14-7-5-10-16(13-14)21-24-22-23-17-11-6-12-18(27)19(17)20(26(22)25-21)15-8-3-2-4-9-15/h2-5,7-10,13,20H,6,11-12H2,1H3,(H,23,24,25)/t20-/m0/s1. The fourth-order valence-corrected chi connectivity index (χ4v) is 4.01. The van der Waals surface area contributed by atoms with Crippen LogP contribution in [0.15, 0.2) is 65.9 Å². The summed E-state index contributed by atoms with van der Waals surface area (Å²) in [6.07, 6.45) is 2.35. The van der Waals surface area contributed by atoms with Gasteiger partial charge in [0.2, 0.25) is 5.95 Å². The van der Waals surface area contributed by atoms with Gasteiger partial charge in [0.15, 0.2) is 11.6 Å². The molecule has 27 heavy (non-hydrogen) atoms. The lowest BCUT2D eigenvalue weighted by atomic mass is 9.85. The first-order chi connectivity index (χ1) is 13.2. The van der Waals surface area contributed by atoms with Crippen LogP contribution in [-0.2, 0) is 4.79 Å². The van der Waals surface area contributed by atoms with Gasteiger partial charge in [-0.2, -0.15) is 4.98 Å². The third kappa shape index (κ3) is 2.67. The maximum absolute atomic E-state index is 12.8. The Bertz CT molecular complexity index is 1060. The molecule has 5 nitrogen and oxygen atoms in total.